The van der Waals surface area contributed by atoms with Crippen molar-refractivity contribution in [2.45, 2.75) is 46.1 Å². The van der Waals surface area contributed by atoms with Crippen LogP contribution in [0.25, 0.3) is 0 Å². The van der Waals surface area contributed by atoms with Crippen molar-refractivity contribution in [2.75, 3.05) is 13.2 Å². The number of amides is 3. The van der Waals surface area contributed by atoms with Gasteiger partial charge in [0.2, 0.25) is 0 Å². The van der Waals surface area contributed by atoms with E-state index in [9.17, 15) is 19.2 Å². The Labute approximate surface area is 158 Å². The average Bonchev–Trinajstić information content (AvgIpc) is 2.62. The SMILES string of the molecule is CCCOc1ccc(C(=O)CCC(=O)OCC(=O)NC(=O)NC(C)C)cc1. The molecule has 2 N–H and O–H groups in total. The van der Waals surface area contributed by atoms with Gasteiger partial charge in [-0.3, -0.25) is 19.7 Å². The summed E-state index contributed by atoms with van der Waals surface area (Å²) in [6.45, 7) is 5.51. The summed E-state index contributed by atoms with van der Waals surface area (Å²) >= 11 is 0. The smallest absolute Gasteiger partial charge is 0.321 e. The zero-order chi connectivity index (χ0) is 20.2. The van der Waals surface area contributed by atoms with Gasteiger partial charge in [0.05, 0.1) is 13.0 Å². The summed E-state index contributed by atoms with van der Waals surface area (Å²) in [5, 5.41) is 4.50. The summed E-state index contributed by atoms with van der Waals surface area (Å²) in [5.74, 6) is -0.962. The maximum atomic E-state index is 12.1. The Morgan fingerprint density at radius 2 is 1.70 bits per heavy atom. The van der Waals surface area contributed by atoms with Crippen molar-refractivity contribution in [3.05, 3.63) is 29.8 Å². The number of urea groups is 1. The molecule has 1 aromatic rings. The first kappa shape index (κ1) is 22.1. The Balaban J connectivity index is 2.31. The zero-order valence-electron chi connectivity index (χ0n) is 15.9. The fourth-order valence-electron chi connectivity index (χ4n) is 2.00. The van der Waals surface area contributed by atoms with E-state index in [1.807, 2.05) is 12.2 Å². The van der Waals surface area contributed by atoms with E-state index in [-0.39, 0.29) is 24.7 Å². The molecule has 0 bridgehead atoms. The van der Waals surface area contributed by atoms with Crippen molar-refractivity contribution in [1.82, 2.24) is 10.6 Å². The van der Waals surface area contributed by atoms with E-state index < -0.39 is 24.5 Å². The third-order valence-electron chi connectivity index (χ3n) is 3.24. The first-order chi connectivity index (χ1) is 12.8. The summed E-state index contributed by atoms with van der Waals surface area (Å²) in [5.41, 5.74) is 0.467. The lowest BCUT2D eigenvalue weighted by molar-refractivity contribution is -0.148. The van der Waals surface area contributed by atoms with Gasteiger partial charge in [-0.2, -0.15) is 0 Å². The van der Waals surface area contributed by atoms with Crippen LogP contribution in [0, 0.1) is 0 Å². The summed E-state index contributed by atoms with van der Waals surface area (Å²) in [6.07, 6.45) is 0.699. The van der Waals surface area contributed by atoms with Crippen molar-refractivity contribution in [3.63, 3.8) is 0 Å². The fourth-order valence-corrected chi connectivity index (χ4v) is 2.00. The molecule has 1 rings (SSSR count). The molecule has 0 spiro atoms. The number of esters is 1. The van der Waals surface area contributed by atoms with Gasteiger partial charge in [-0.25, -0.2) is 4.79 Å². The Morgan fingerprint density at radius 1 is 1.04 bits per heavy atom. The van der Waals surface area contributed by atoms with Gasteiger partial charge in [0.1, 0.15) is 5.75 Å². The minimum Gasteiger partial charge on any atom is -0.494 e. The monoisotopic (exact) mass is 378 g/mol. The Hall–Kier alpha value is -2.90. The molecule has 0 aliphatic carbocycles. The lowest BCUT2D eigenvalue weighted by Crippen LogP contribution is -2.44. The van der Waals surface area contributed by atoms with E-state index in [1.165, 1.54) is 0 Å². The van der Waals surface area contributed by atoms with Crippen molar-refractivity contribution in [2.24, 2.45) is 0 Å². The molecule has 0 atom stereocenters. The van der Waals surface area contributed by atoms with E-state index >= 15 is 0 Å². The number of carbonyl (C=O) groups excluding carboxylic acids is 4. The van der Waals surface area contributed by atoms with Crippen LogP contribution < -0.4 is 15.4 Å². The summed E-state index contributed by atoms with van der Waals surface area (Å²) in [4.78, 5) is 46.5. The van der Waals surface area contributed by atoms with Crippen LogP contribution in [0.2, 0.25) is 0 Å². The highest BCUT2D eigenvalue weighted by Crippen LogP contribution is 2.14. The number of carbonyl (C=O) groups is 4. The molecule has 148 valence electrons. The van der Waals surface area contributed by atoms with Gasteiger partial charge < -0.3 is 14.8 Å². The van der Waals surface area contributed by atoms with Gasteiger partial charge in [-0.15, -0.1) is 0 Å². The Bertz CT molecular complexity index is 655. The van der Waals surface area contributed by atoms with E-state index in [4.69, 9.17) is 9.47 Å². The van der Waals surface area contributed by atoms with Crippen LogP contribution in [0.15, 0.2) is 24.3 Å². The largest absolute Gasteiger partial charge is 0.494 e. The predicted octanol–water partition coefficient (Wildman–Crippen LogP) is 2.22. The number of nitrogens with one attached hydrogen (secondary N) is 2. The Kier molecular flexibility index (Phi) is 9.57. The molecule has 0 heterocycles. The molecule has 0 aliphatic heterocycles. The van der Waals surface area contributed by atoms with Crippen LogP contribution in [-0.2, 0) is 14.3 Å². The molecule has 0 unspecified atom stereocenters. The second-order valence-electron chi connectivity index (χ2n) is 6.13. The number of ether oxygens (including phenoxy) is 2. The number of imide groups is 1. The molecular formula is C19H26N2O6. The van der Waals surface area contributed by atoms with Crippen molar-refractivity contribution in [1.29, 1.82) is 0 Å². The number of rotatable bonds is 10. The first-order valence-corrected chi connectivity index (χ1v) is 8.83. The molecule has 0 saturated heterocycles. The molecule has 0 saturated carbocycles. The van der Waals surface area contributed by atoms with Crippen LogP contribution in [-0.4, -0.2) is 42.9 Å². The summed E-state index contributed by atoms with van der Waals surface area (Å²) < 4.78 is 10.2. The quantitative estimate of drug-likeness (QED) is 0.477. The highest BCUT2D eigenvalue weighted by molar-refractivity contribution is 5.98. The lowest BCUT2D eigenvalue weighted by atomic mass is 10.1. The van der Waals surface area contributed by atoms with Gasteiger partial charge in [0.25, 0.3) is 5.91 Å². The standard InChI is InChI=1S/C19H26N2O6/c1-4-11-26-15-7-5-14(6-8-15)16(22)9-10-18(24)27-12-17(23)21-19(25)20-13(2)3/h5-8,13H,4,9-12H2,1-3H3,(H2,20,21,23,25). The van der Waals surface area contributed by atoms with Crippen LogP contribution in [0.3, 0.4) is 0 Å². The van der Waals surface area contributed by atoms with Gasteiger partial charge in [-0.1, -0.05) is 6.92 Å². The third-order valence-corrected chi connectivity index (χ3v) is 3.24. The van der Waals surface area contributed by atoms with Gasteiger partial charge in [0.15, 0.2) is 12.4 Å². The second kappa shape index (κ2) is 11.7. The first-order valence-electron chi connectivity index (χ1n) is 8.83. The third kappa shape index (κ3) is 9.39. The highest BCUT2D eigenvalue weighted by Gasteiger charge is 2.14. The Morgan fingerprint density at radius 3 is 2.30 bits per heavy atom. The van der Waals surface area contributed by atoms with Crippen LogP contribution in [0.1, 0.15) is 50.4 Å². The second-order valence-corrected chi connectivity index (χ2v) is 6.13. The lowest BCUT2D eigenvalue weighted by Gasteiger charge is -2.09. The van der Waals surface area contributed by atoms with E-state index in [2.05, 4.69) is 5.32 Å². The summed E-state index contributed by atoms with van der Waals surface area (Å²) in [7, 11) is 0. The van der Waals surface area contributed by atoms with E-state index in [1.54, 1.807) is 38.1 Å². The van der Waals surface area contributed by atoms with E-state index in [0.717, 1.165) is 6.42 Å². The van der Waals surface area contributed by atoms with Crippen LogP contribution >= 0.6 is 0 Å². The minimum atomic E-state index is -0.740. The summed E-state index contributed by atoms with van der Waals surface area (Å²) in [6, 6.07) is 5.90. The number of hydrogen-bond donors (Lipinski definition) is 2. The number of Topliss-reactive ketones (excluding diaryl/α,β-unsaturated/α-hetero) is 1. The molecule has 0 fully saturated rings. The predicted molar refractivity (Wildman–Crippen MR) is 98.6 cm³/mol. The maximum Gasteiger partial charge on any atom is 0.321 e. The molecule has 1 aromatic carbocycles. The molecule has 8 heteroatoms. The van der Waals surface area contributed by atoms with Crippen LogP contribution in [0.5, 0.6) is 5.75 Å². The van der Waals surface area contributed by atoms with Gasteiger partial charge >= 0.3 is 12.0 Å². The molecule has 0 aliphatic rings. The van der Waals surface area contributed by atoms with Crippen molar-refractivity contribution < 1.29 is 28.7 Å². The fraction of sp³-hybridized carbons (Fsp3) is 0.474. The number of benzene rings is 1. The van der Waals surface area contributed by atoms with Crippen molar-refractivity contribution >= 4 is 23.7 Å². The molecule has 27 heavy (non-hydrogen) atoms. The van der Waals surface area contributed by atoms with Crippen LogP contribution in [0.4, 0.5) is 4.79 Å². The average molecular weight is 378 g/mol. The minimum absolute atomic E-state index is 0.0382. The normalized spacial score (nSPS) is 10.2. The molecule has 0 radical (unpaired) electrons. The zero-order valence-corrected chi connectivity index (χ0v) is 15.9. The molecule has 8 nitrogen and oxygen atoms in total. The van der Waals surface area contributed by atoms with Crippen molar-refractivity contribution in [3.8, 4) is 5.75 Å². The molecule has 0 aromatic heterocycles. The topological polar surface area (TPSA) is 111 Å². The molecular weight excluding hydrogens is 352 g/mol. The molecule has 3 amide bonds. The van der Waals surface area contributed by atoms with E-state index in [0.29, 0.717) is 17.9 Å². The van der Waals surface area contributed by atoms with Gasteiger partial charge in [-0.05, 0) is 44.5 Å². The number of hydrogen-bond acceptors (Lipinski definition) is 6. The van der Waals surface area contributed by atoms with Gasteiger partial charge in [0, 0.05) is 18.0 Å². The highest BCUT2D eigenvalue weighted by atomic mass is 16.5. The number of ketones is 1. The maximum absolute atomic E-state index is 12.1.